The highest BCUT2D eigenvalue weighted by Gasteiger charge is 2.53. The van der Waals surface area contributed by atoms with Gasteiger partial charge in [-0.25, -0.2) is 8.78 Å². The highest BCUT2D eigenvalue weighted by atomic mass is 19.1. The van der Waals surface area contributed by atoms with Gasteiger partial charge in [-0.1, -0.05) is 6.07 Å². The van der Waals surface area contributed by atoms with Gasteiger partial charge in [-0.05, 0) is 19.1 Å². The summed E-state index contributed by atoms with van der Waals surface area (Å²) in [5, 5.41) is 29.5. The molecule has 0 radical (unpaired) electrons. The number of aliphatic hydroxyl groups is 3. The van der Waals surface area contributed by atoms with Crippen molar-refractivity contribution in [1.82, 2.24) is 0 Å². The Labute approximate surface area is 102 Å². The van der Waals surface area contributed by atoms with Crippen LogP contribution in [-0.4, -0.2) is 40.2 Å². The van der Waals surface area contributed by atoms with E-state index in [0.29, 0.717) is 0 Å². The van der Waals surface area contributed by atoms with Crippen molar-refractivity contribution in [2.24, 2.45) is 0 Å². The van der Waals surface area contributed by atoms with Gasteiger partial charge in [0.05, 0.1) is 18.3 Å². The molecule has 18 heavy (non-hydrogen) atoms. The lowest BCUT2D eigenvalue weighted by Crippen LogP contribution is -2.45. The summed E-state index contributed by atoms with van der Waals surface area (Å²) in [6.07, 6.45) is -3.76. The molecule has 0 amide bonds. The van der Waals surface area contributed by atoms with Crippen LogP contribution >= 0.6 is 0 Å². The third-order valence-electron chi connectivity index (χ3n) is 3.17. The van der Waals surface area contributed by atoms with Gasteiger partial charge in [-0.15, -0.1) is 0 Å². The van der Waals surface area contributed by atoms with Crippen LogP contribution in [0.2, 0.25) is 0 Å². The molecule has 0 saturated carbocycles. The summed E-state index contributed by atoms with van der Waals surface area (Å²) in [5.41, 5.74) is -2.84. The second-order valence-corrected chi connectivity index (χ2v) is 4.48. The zero-order chi connectivity index (χ0) is 13.5. The SMILES string of the molecule is CC(O)[C@H]1OC[C@@](O)(c2c(F)cccc2F)[C@@H]1O. The van der Waals surface area contributed by atoms with Gasteiger partial charge >= 0.3 is 0 Å². The smallest absolute Gasteiger partial charge is 0.147 e. The van der Waals surface area contributed by atoms with E-state index in [1.807, 2.05) is 0 Å². The van der Waals surface area contributed by atoms with Crippen molar-refractivity contribution in [3.8, 4) is 0 Å². The molecule has 1 heterocycles. The Kier molecular flexibility index (Phi) is 3.37. The Bertz CT molecular complexity index is 431. The first-order valence-corrected chi connectivity index (χ1v) is 5.52. The van der Waals surface area contributed by atoms with Crippen molar-refractivity contribution < 1.29 is 28.8 Å². The van der Waals surface area contributed by atoms with Crippen LogP contribution in [0.3, 0.4) is 0 Å². The zero-order valence-electron chi connectivity index (χ0n) is 9.68. The minimum atomic E-state index is -2.20. The minimum absolute atomic E-state index is 0.485. The van der Waals surface area contributed by atoms with Crippen LogP contribution < -0.4 is 0 Å². The van der Waals surface area contributed by atoms with Gasteiger partial charge in [-0.2, -0.15) is 0 Å². The first-order chi connectivity index (χ1) is 8.38. The molecule has 2 rings (SSSR count). The normalized spacial score (nSPS) is 33.7. The highest BCUT2D eigenvalue weighted by Crippen LogP contribution is 2.38. The molecule has 0 aromatic heterocycles. The van der Waals surface area contributed by atoms with Crippen LogP contribution in [0, 0.1) is 11.6 Å². The second kappa shape index (κ2) is 4.55. The Balaban J connectivity index is 2.44. The Hall–Kier alpha value is -1.08. The number of benzene rings is 1. The zero-order valence-corrected chi connectivity index (χ0v) is 9.68. The lowest BCUT2D eigenvalue weighted by Gasteiger charge is -2.28. The van der Waals surface area contributed by atoms with Gasteiger partial charge in [0.1, 0.15) is 29.4 Å². The molecule has 6 heteroatoms. The van der Waals surface area contributed by atoms with Crippen LogP contribution in [0.5, 0.6) is 0 Å². The molecule has 4 nitrogen and oxygen atoms in total. The fourth-order valence-corrected chi connectivity index (χ4v) is 2.21. The van der Waals surface area contributed by atoms with Gasteiger partial charge in [0.25, 0.3) is 0 Å². The van der Waals surface area contributed by atoms with E-state index in [-0.39, 0.29) is 0 Å². The van der Waals surface area contributed by atoms with Crippen molar-refractivity contribution in [2.75, 3.05) is 6.61 Å². The van der Waals surface area contributed by atoms with E-state index in [0.717, 1.165) is 18.2 Å². The molecule has 1 saturated heterocycles. The second-order valence-electron chi connectivity index (χ2n) is 4.48. The van der Waals surface area contributed by atoms with E-state index in [1.165, 1.54) is 6.92 Å². The molecular formula is C12H14F2O4. The van der Waals surface area contributed by atoms with Crippen LogP contribution in [0.4, 0.5) is 8.78 Å². The van der Waals surface area contributed by atoms with Gasteiger partial charge in [0, 0.05) is 0 Å². The van der Waals surface area contributed by atoms with Crippen LogP contribution in [0.25, 0.3) is 0 Å². The molecule has 1 aromatic rings. The molecule has 100 valence electrons. The van der Waals surface area contributed by atoms with Gasteiger partial charge in [0.2, 0.25) is 0 Å². The van der Waals surface area contributed by atoms with Crippen molar-refractivity contribution in [3.05, 3.63) is 35.4 Å². The average molecular weight is 260 g/mol. The Morgan fingerprint density at radius 1 is 1.39 bits per heavy atom. The first-order valence-electron chi connectivity index (χ1n) is 5.52. The quantitative estimate of drug-likeness (QED) is 0.715. The Morgan fingerprint density at radius 3 is 2.39 bits per heavy atom. The van der Waals surface area contributed by atoms with Crippen molar-refractivity contribution >= 4 is 0 Å². The topological polar surface area (TPSA) is 69.9 Å². The van der Waals surface area contributed by atoms with E-state index in [9.17, 15) is 24.1 Å². The van der Waals surface area contributed by atoms with Crippen LogP contribution in [0.15, 0.2) is 18.2 Å². The largest absolute Gasteiger partial charge is 0.391 e. The van der Waals surface area contributed by atoms with Crippen molar-refractivity contribution in [2.45, 2.75) is 30.8 Å². The summed E-state index contributed by atoms with van der Waals surface area (Å²) in [4.78, 5) is 0. The van der Waals surface area contributed by atoms with Gasteiger partial charge in [0.15, 0.2) is 0 Å². The summed E-state index contributed by atoms with van der Waals surface area (Å²) in [6, 6.07) is 3.13. The lowest BCUT2D eigenvalue weighted by atomic mass is 9.86. The summed E-state index contributed by atoms with van der Waals surface area (Å²) in [6.45, 7) is 0.874. The number of ether oxygens (including phenoxy) is 1. The van der Waals surface area contributed by atoms with Crippen LogP contribution in [-0.2, 0) is 10.3 Å². The van der Waals surface area contributed by atoms with E-state index in [1.54, 1.807) is 0 Å². The summed E-state index contributed by atoms with van der Waals surface area (Å²) in [7, 11) is 0. The molecule has 1 fully saturated rings. The van der Waals surface area contributed by atoms with E-state index >= 15 is 0 Å². The minimum Gasteiger partial charge on any atom is -0.391 e. The summed E-state index contributed by atoms with van der Waals surface area (Å²) >= 11 is 0. The number of halogens is 2. The van der Waals surface area contributed by atoms with Gasteiger partial charge < -0.3 is 20.1 Å². The Morgan fingerprint density at radius 2 is 1.94 bits per heavy atom. The molecule has 1 aromatic carbocycles. The summed E-state index contributed by atoms with van der Waals surface area (Å²) in [5.74, 6) is -1.93. The third kappa shape index (κ3) is 1.91. The van der Waals surface area contributed by atoms with Crippen molar-refractivity contribution in [3.63, 3.8) is 0 Å². The molecule has 0 bridgehead atoms. The molecule has 1 unspecified atom stereocenters. The fraction of sp³-hybridized carbons (Fsp3) is 0.500. The van der Waals surface area contributed by atoms with Crippen LogP contribution in [0.1, 0.15) is 12.5 Å². The number of hydrogen-bond acceptors (Lipinski definition) is 4. The lowest BCUT2D eigenvalue weighted by molar-refractivity contribution is -0.0749. The number of hydrogen-bond donors (Lipinski definition) is 3. The maximum atomic E-state index is 13.6. The van der Waals surface area contributed by atoms with Gasteiger partial charge in [-0.3, -0.25) is 0 Å². The summed E-state index contributed by atoms with van der Waals surface area (Å²) < 4.78 is 32.3. The van der Waals surface area contributed by atoms with E-state index < -0.39 is 47.7 Å². The molecular weight excluding hydrogens is 246 g/mol. The molecule has 0 spiro atoms. The van der Waals surface area contributed by atoms with E-state index in [4.69, 9.17) is 4.74 Å². The molecule has 4 atom stereocenters. The molecule has 1 aliphatic rings. The molecule has 3 N–H and O–H groups in total. The monoisotopic (exact) mass is 260 g/mol. The first kappa shape index (κ1) is 13.4. The highest BCUT2D eigenvalue weighted by molar-refractivity contribution is 5.29. The number of rotatable bonds is 2. The third-order valence-corrected chi connectivity index (χ3v) is 3.17. The predicted octanol–water partition coefficient (Wildman–Crippen LogP) is 0.293. The van der Waals surface area contributed by atoms with Crippen molar-refractivity contribution in [1.29, 1.82) is 0 Å². The van der Waals surface area contributed by atoms with E-state index in [2.05, 4.69) is 0 Å². The average Bonchev–Trinajstić information content (AvgIpc) is 2.56. The number of aliphatic hydroxyl groups excluding tert-OH is 2. The molecule has 0 aliphatic carbocycles. The maximum absolute atomic E-state index is 13.6. The molecule has 1 aliphatic heterocycles. The predicted molar refractivity (Wildman–Crippen MR) is 57.7 cm³/mol. The maximum Gasteiger partial charge on any atom is 0.147 e. The fourth-order valence-electron chi connectivity index (χ4n) is 2.21. The standard InChI is InChI=1S/C12H14F2O4/c1-6(15)10-11(16)12(17,5-18-10)9-7(13)3-2-4-8(9)14/h2-4,6,10-11,15-17H,5H2,1H3/t6?,10-,11-,12-/m1/s1.